The molecular weight excluding hydrogens is 342 g/mol. The molecule has 6 nitrogen and oxygen atoms in total. The van der Waals surface area contributed by atoms with Crippen LogP contribution in [0.3, 0.4) is 0 Å². The highest BCUT2D eigenvalue weighted by molar-refractivity contribution is 5.77. The molecule has 144 valence electrons. The fourth-order valence-corrected chi connectivity index (χ4v) is 3.31. The van der Waals surface area contributed by atoms with E-state index < -0.39 is 0 Å². The van der Waals surface area contributed by atoms with E-state index in [9.17, 15) is 9.59 Å². The Morgan fingerprint density at radius 3 is 2.74 bits per heavy atom. The van der Waals surface area contributed by atoms with Crippen molar-refractivity contribution in [1.29, 1.82) is 0 Å². The van der Waals surface area contributed by atoms with Crippen LogP contribution in [0, 0.1) is 6.92 Å². The van der Waals surface area contributed by atoms with E-state index >= 15 is 0 Å². The third-order valence-corrected chi connectivity index (χ3v) is 4.77. The van der Waals surface area contributed by atoms with Gasteiger partial charge in [0.1, 0.15) is 5.75 Å². The summed E-state index contributed by atoms with van der Waals surface area (Å²) in [4.78, 5) is 24.4. The third-order valence-electron chi connectivity index (χ3n) is 4.77. The number of benzene rings is 1. The van der Waals surface area contributed by atoms with Gasteiger partial charge in [-0.3, -0.25) is 9.59 Å². The summed E-state index contributed by atoms with van der Waals surface area (Å²) in [6, 6.07) is 9.05. The van der Waals surface area contributed by atoms with Gasteiger partial charge in [0.25, 0.3) is 11.5 Å². The first-order chi connectivity index (χ1) is 13.0. The molecule has 0 fully saturated rings. The fraction of sp³-hybridized carbons (Fsp3) is 0.476. The Balaban J connectivity index is 1.54. The van der Waals surface area contributed by atoms with Gasteiger partial charge < -0.3 is 10.1 Å². The number of amides is 1. The maximum Gasteiger partial charge on any atom is 0.267 e. The van der Waals surface area contributed by atoms with Gasteiger partial charge in [0.15, 0.2) is 6.61 Å². The minimum atomic E-state index is -0.217. The summed E-state index contributed by atoms with van der Waals surface area (Å²) in [5, 5.41) is 7.41. The molecule has 1 atom stereocenters. The number of ether oxygens (including phenoxy) is 1. The molecule has 3 rings (SSSR count). The highest BCUT2D eigenvalue weighted by Crippen LogP contribution is 2.16. The lowest BCUT2D eigenvalue weighted by Gasteiger charge is -2.16. The number of nitrogens with zero attached hydrogens (tertiary/aromatic N) is 2. The molecule has 1 aliphatic carbocycles. The van der Waals surface area contributed by atoms with Crippen molar-refractivity contribution in [3.63, 3.8) is 0 Å². The van der Waals surface area contributed by atoms with Crippen LogP contribution in [0.1, 0.15) is 43.0 Å². The molecule has 1 aromatic carbocycles. The van der Waals surface area contributed by atoms with Crippen LogP contribution in [-0.2, 0) is 24.2 Å². The van der Waals surface area contributed by atoms with Crippen LogP contribution in [0.15, 0.2) is 35.1 Å². The number of aryl methyl sites for hydroxylation is 3. The summed E-state index contributed by atoms with van der Waals surface area (Å²) in [6.07, 6.45) is 5.26. The molecule has 1 aromatic heterocycles. The third kappa shape index (κ3) is 5.42. The molecule has 0 spiro atoms. The summed E-state index contributed by atoms with van der Waals surface area (Å²) < 4.78 is 6.96. The number of hydrogen-bond donors (Lipinski definition) is 1. The van der Waals surface area contributed by atoms with Crippen LogP contribution in [0.5, 0.6) is 5.75 Å². The molecule has 6 heteroatoms. The molecule has 27 heavy (non-hydrogen) atoms. The average Bonchev–Trinajstić information content (AvgIpc) is 2.86. The molecule has 2 aromatic rings. The number of fused-ring (bicyclic) bond motifs is 1. The number of carbonyl (C=O) groups is 1. The van der Waals surface area contributed by atoms with Gasteiger partial charge in [0, 0.05) is 12.1 Å². The van der Waals surface area contributed by atoms with Crippen LogP contribution in [0.25, 0.3) is 0 Å². The second kappa shape index (κ2) is 8.84. The van der Waals surface area contributed by atoms with Crippen molar-refractivity contribution in [1.82, 2.24) is 15.1 Å². The van der Waals surface area contributed by atoms with Crippen LogP contribution in [0.4, 0.5) is 0 Å². The maximum absolute atomic E-state index is 12.3. The van der Waals surface area contributed by atoms with Gasteiger partial charge in [0.05, 0.1) is 12.2 Å². The fourth-order valence-electron chi connectivity index (χ4n) is 3.31. The lowest BCUT2D eigenvalue weighted by Crippen LogP contribution is -2.41. The standard InChI is InChI=1S/C21H27N3O3/c1-15-8-10-18(11-9-15)27-14-20(25)22-16(2)13-24-21(26)12-17-6-4-3-5-7-19(17)23-24/h8-12,16H,3-7,13-14H2,1-2H3,(H,22,25)/t16-/m0/s1. The molecule has 1 aliphatic rings. The normalized spacial score (nSPS) is 14.7. The van der Waals surface area contributed by atoms with E-state index in [0.29, 0.717) is 12.3 Å². The van der Waals surface area contributed by atoms with E-state index in [1.807, 2.05) is 38.1 Å². The molecule has 0 bridgehead atoms. The summed E-state index contributed by atoms with van der Waals surface area (Å²) in [5.74, 6) is 0.443. The predicted molar refractivity (Wildman–Crippen MR) is 104 cm³/mol. The van der Waals surface area contributed by atoms with E-state index in [4.69, 9.17) is 4.74 Å². The molecule has 0 saturated carbocycles. The number of nitrogens with one attached hydrogen (secondary N) is 1. The minimum Gasteiger partial charge on any atom is -0.484 e. The number of aromatic nitrogens is 2. The van der Waals surface area contributed by atoms with Gasteiger partial charge in [-0.15, -0.1) is 0 Å². The molecule has 1 N–H and O–H groups in total. The van der Waals surface area contributed by atoms with Crippen molar-refractivity contribution < 1.29 is 9.53 Å². The van der Waals surface area contributed by atoms with Crippen molar-refractivity contribution in [3.8, 4) is 5.75 Å². The second-order valence-corrected chi connectivity index (χ2v) is 7.27. The molecule has 1 heterocycles. The Hall–Kier alpha value is -2.63. The van der Waals surface area contributed by atoms with Crippen LogP contribution in [-0.4, -0.2) is 28.3 Å². The van der Waals surface area contributed by atoms with Gasteiger partial charge >= 0.3 is 0 Å². The Bertz CT molecular complexity index is 843. The van der Waals surface area contributed by atoms with Gasteiger partial charge in [-0.1, -0.05) is 24.1 Å². The predicted octanol–water partition coefficient (Wildman–Crippen LogP) is 2.40. The lowest BCUT2D eigenvalue weighted by molar-refractivity contribution is -0.123. The summed E-state index contributed by atoms with van der Waals surface area (Å²) in [5.41, 5.74) is 3.14. The smallest absolute Gasteiger partial charge is 0.267 e. The van der Waals surface area contributed by atoms with Gasteiger partial charge in [-0.25, -0.2) is 4.68 Å². The second-order valence-electron chi connectivity index (χ2n) is 7.27. The number of carbonyl (C=O) groups excluding carboxylic acids is 1. The Morgan fingerprint density at radius 1 is 1.22 bits per heavy atom. The van der Waals surface area contributed by atoms with E-state index in [1.54, 1.807) is 6.07 Å². The molecule has 0 saturated heterocycles. The highest BCUT2D eigenvalue weighted by Gasteiger charge is 2.15. The molecule has 0 radical (unpaired) electrons. The number of hydrogen-bond acceptors (Lipinski definition) is 4. The summed E-state index contributed by atoms with van der Waals surface area (Å²) in [7, 11) is 0. The van der Waals surface area contributed by atoms with Gasteiger partial charge in [0.2, 0.25) is 0 Å². The van der Waals surface area contributed by atoms with Crippen molar-refractivity contribution in [2.24, 2.45) is 0 Å². The van der Waals surface area contributed by atoms with E-state index in [-0.39, 0.29) is 24.1 Å². The lowest BCUT2D eigenvalue weighted by atomic mass is 10.1. The quantitative estimate of drug-likeness (QED) is 0.794. The van der Waals surface area contributed by atoms with Crippen molar-refractivity contribution >= 4 is 5.91 Å². The first-order valence-corrected chi connectivity index (χ1v) is 9.60. The monoisotopic (exact) mass is 369 g/mol. The molecule has 0 aliphatic heterocycles. The maximum atomic E-state index is 12.3. The highest BCUT2D eigenvalue weighted by atomic mass is 16.5. The van der Waals surface area contributed by atoms with Gasteiger partial charge in [-0.05, 0) is 57.2 Å². The number of rotatable bonds is 6. The zero-order valence-electron chi connectivity index (χ0n) is 16.0. The Kier molecular flexibility index (Phi) is 6.27. The van der Waals surface area contributed by atoms with Crippen LogP contribution >= 0.6 is 0 Å². The van der Waals surface area contributed by atoms with E-state index in [2.05, 4.69) is 10.4 Å². The Labute approximate surface area is 159 Å². The van der Waals surface area contributed by atoms with E-state index in [0.717, 1.165) is 42.5 Å². The van der Waals surface area contributed by atoms with Crippen molar-refractivity contribution in [2.45, 2.75) is 58.5 Å². The van der Waals surface area contributed by atoms with E-state index in [1.165, 1.54) is 11.1 Å². The summed E-state index contributed by atoms with van der Waals surface area (Å²) in [6.45, 7) is 4.16. The SMILES string of the molecule is Cc1ccc(OCC(=O)N[C@@H](C)Cn2nc3c(cc2=O)CCCCC3)cc1. The minimum absolute atomic E-state index is 0.0556. The topological polar surface area (TPSA) is 73.2 Å². The van der Waals surface area contributed by atoms with Crippen molar-refractivity contribution in [3.05, 3.63) is 57.5 Å². The summed E-state index contributed by atoms with van der Waals surface area (Å²) >= 11 is 0. The first kappa shape index (κ1) is 19.1. The Morgan fingerprint density at radius 2 is 1.96 bits per heavy atom. The first-order valence-electron chi connectivity index (χ1n) is 9.60. The largest absolute Gasteiger partial charge is 0.484 e. The molecule has 0 unspecified atom stereocenters. The zero-order valence-corrected chi connectivity index (χ0v) is 16.0. The molecule has 1 amide bonds. The zero-order chi connectivity index (χ0) is 19.2. The van der Waals surface area contributed by atoms with Crippen molar-refractivity contribution in [2.75, 3.05) is 6.61 Å². The van der Waals surface area contributed by atoms with Crippen LogP contribution in [0.2, 0.25) is 0 Å². The average molecular weight is 369 g/mol. The van der Waals surface area contributed by atoms with Gasteiger partial charge in [-0.2, -0.15) is 5.10 Å². The van der Waals surface area contributed by atoms with Crippen LogP contribution < -0.4 is 15.6 Å². The molecular formula is C21H27N3O3.